The number of nitriles is 1. The lowest BCUT2D eigenvalue weighted by Crippen LogP contribution is -2.22. The van der Waals surface area contributed by atoms with Gasteiger partial charge >= 0.3 is 0 Å². The molecule has 0 saturated carbocycles. The van der Waals surface area contributed by atoms with Crippen molar-refractivity contribution in [2.75, 3.05) is 17.6 Å². The van der Waals surface area contributed by atoms with Crippen LogP contribution in [0.15, 0.2) is 35.4 Å². The normalized spacial score (nSPS) is 11.8. The van der Waals surface area contributed by atoms with Crippen molar-refractivity contribution < 1.29 is 5.11 Å². The predicted octanol–water partition coefficient (Wildman–Crippen LogP) is 3.79. The van der Waals surface area contributed by atoms with Crippen molar-refractivity contribution in [1.82, 2.24) is 4.98 Å². The molecule has 0 amide bonds. The first-order valence-electron chi connectivity index (χ1n) is 7.18. The van der Waals surface area contributed by atoms with E-state index in [0.717, 1.165) is 16.9 Å². The van der Waals surface area contributed by atoms with E-state index in [1.165, 1.54) is 11.8 Å². The Morgan fingerprint density at radius 2 is 2.04 bits per heavy atom. The second-order valence-electron chi connectivity index (χ2n) is 5.23. The largest absolute Gasteiger partial charge is 0.390 e. The van der Waals surface area contributed by atoms with Crippen LogP contribution in [0.5, 0.6) is 0 Å². The number of aryl methyl sites for hydroxylation is 2. The zero-order valence-corrected chi connectivity index (χ0v) is 14.6. The maximum atomic E-state index is 10.1. The molecule has 23 heavy (non-hydrogen) atoms. The molecule has 2 N–H and O–H groups in total. The molecule has 0 aliphatic rings. The van der Waals surface area contributed by atoms with Crippen molar-refractivity contribution >= 4 is 29.1 Å². The van der Waals surface area contributed by atoms with Crippen LogP contribution >= 0.6 is 23.4 Å². The van der Waals surface area contributed by atoms with Gasteiger partial charge < -0.3 is 10.4 Å². The second kappa shape index (κ2) is 8.21. The number of rotatable bonds is 6. The summed E-state index contributed by atoms with van der Waals surface area (Å²) in [6.45, 7) is 4.22. The van der Waals surface area contributed by atoms with Gasteiger partial charge in [-0.1, -0.05) is 11.6 Å². The number of halogens is 1. The number of aliphatic hydroxyl groups is 1. The first-order valence-corrected chi connectivity index (χ1v) is 8.54. The molecule has 1 aromatic heterocycles. The van der Waals surface area contributed by atoms with E-state index in [0.29, 0.717) is 27.9 Å². The molecule has 0 aliphatic heterocycles. The van der Waals surface area contributed by atoms with Gasteiger partial charge in [-0.3, -0.25) is 0 Å². The maximum absolute atomic E-state index is 10.1. The van der Waals surface area contributed by atoms with E-state index in [1.54, 1.807) is 12.1 Å². The average Bonchev–Trinajstić information content (AvgIpc) is 2.52. The number of hydrogen-bond donors (Lipinski definition) is 2. The molecular weight excluding hydrogens is 330 g/mol. The number of nitrogens with zero attached hydrogens (tertiary/aromatic N) is 2. The molecule has 2 aromatic rings. The van der Waals surface area contributed by atoms with E-state index in [1.807, 2.05) is 32.0 Å². The Balaban J connectivity index is 1.91. The van der Waals surface area contributed by atoms with Gasteiger partial charge in [0.2, 0.25) is 0 Å². The van der Waals surface area contributed by atoms with E-state index < -0.39 is 6.10 Å². The van der Waals surface area contributed by atoms with Crippen LogP contribution in [-0.4, -0.2) is 28.5 Å². The smallest absolute Gasteiger partial charge is 0.114 e. The monoisotopic (exact) mass is 347 g/mol. The highest BCUT2D eigenvalue weighted by Gasteiger charge is 2.12. The van der Waals surface area contributed by atoms with E-state index >= 15 is 0 Å². The lowest BCUT2D eigenvalue weighted by atomic mass is 10.1. The maximum Gasteiger partial charge on any atom is 0.114 e. The zero-order chi connectivity index (χ0) is 16.8. The molecule has 1 atom stereocenters. The fraction of sp³-hybridized carbons (Fsp3) is 0.294. The lowest BCUT2D eigenvalue weighted by Gasteiger charge is -2.13. The van der Waals surface area contributed by atoms with Crippen LogP contribution in [0.4, 0.5) is 5.69 Å². The predicted molar refractivity (Wildman–Crippen MR) is 95.1 cm³/mol. The quantitative estimate of drug-likeness (QED) is 0.778. The lowest BCUT2D eigenvalue weighted by molar-refractivity contribution is 0.213. The van der Waals surface area contributed by atoms with Crippen molar-refractivity contribution in [3.05, 3.63) is 52.2 Å². The minimum atomic E-state index is -0.551. The highest BCUT2D eigenvalue weighted by atomic mass is 35.5. The van der Waals surface area contributed by atoms with E-state index in [-0.39, 0.29) is 0 Å². The van der Waals surface area contributed by atoms with Crippen LogP contribution in [0, 0.1) is 25.2 Å². The molecule has 120 valence electrons. The summed E-state index contributed by atoms with van der Waals surface area (Å²) >= 11 is 7.23. The van der Waals surface area contributed by atoms with Crippen LogP contribution in [0.25, 0.3) is 0 Å². The second-order valence-corrected chi connectivity index (χ2v) is 6.67. The summed E-state index contributed by atoms with van der Waals surface area (Å²) in [7, 11) is 0. The van der Waals surface area contributed by atoms with Gasteiger partial charge in [-0.05, 0) is 49.7 Å². The van der Waals surface area contributed by atoms with Crippen molar-refractivity contribution in [2.45, 2.75) is 25.0 Å². The number of thioether (sulfide) groups is 1. The Morgan fingerprint density at radius 1 is 1.35 bits per heavy atom. The number of anilines is 1. The molecule has 4 nitrogen and oxygen atoms in total. The fourth-order valence-corrected chi connectivity index (χ4v) is 3.23. The molecule has 0 aliphatic carbocycles. The highest BCUT2D eigenvalue weighted by Crippen LogP contribution is 2.24. The summed E-state index contributed by atoms with van der Waals surface area (Å²) < 4.78 is 0. The third-order valence-electron chi connectivity index (χ3n) is 3.22. The van der Waals surface area contributed by atoms with Crippen molar-refractivity contribution in [1.29, 1.82) is 5.26 Å². The van der Waals surface area contributed by atoms with E-state index in [4.69, 9.17) is 11.6 Å². The van der Waals surface area contributed by atoms with Crippen molar-refractivity contribution in [3.63, 3.8) is 0 Å². The first-order chi connectivity index (χ1) is 11.0. The third-order valence-corrected chi connectivity index (χ3v) is 4.59. The van der Waals surface area contributed by atoms with E-state index in [2.05, 4.69) is 16.4 Å². The topological polar surface area (TPSA) is 68.9 Å². The number of hydrogen-bond acceptors (Lipinski definition) is 5. The Bertz CT molecular complexity index is 713. The summed E-state index contributed by atoms with van der Waals surface area (Å²) in [6.07, 6.45) is -0.551. The van der Waals surface area contributed by atoms with Gasteiger partial charge in [0.05, 0.1) is 11.7 Å². The highest BCUT2D eigenvalue weighted by molar-refractivity contribution is 7.99. The van der Waals surface area contributed by atoms with Gasteiger partial charge in [0, 0.05) is 28.7 Å². The third kappa shape index (κ3) is 5.14. The number of benzene rings is 1. The van der Waals surface area contributed by atoms with Gasteiger partial charge in [-0.15, -0.1) is 11.8 Å². The minimum Gasteiger partial charge on any atom is -0.390 e. The van der Waals surface area contributed by atoms with Crippen molar-refractivity contribution in [2.24, 2.45) is 0 Å². The summed E-state index contributed by atoms with van der Waals surface area (Å²) in [5, 5.41) is 23.9. The number of aliphatic hydroxyl groups excluding tert-OH is 1. The van der Waals surface area contributed by atoms with Crippen molar-refractivity contribution in [3.8, 4) is 6.07 Å². The molecule has 2 rings (SSSR count). The molecule has 1 heterocycles. The van der Waals surface area contributed by atoms with Gasteiger partial charge in [0.25, 0.3) is 0 Å². The van der Waals surface area contributed by atoms with Gasteiger partial charge in [0.15, 0.2) is 0 Å². The Hall–Kier alpha value is -1.74. The van der Waals surface area contributed by atoms with Gasteiger partial charge in [-0.2, -0.15) is 5.26 Å². The Morgan fingerprint density at radius 3 is 2.70 bits per heavy atom. The Labute approximate surface area is 145 Å². The standard InChI is InChI=1S/C17H18ClN3OS/c1-11-7-12(2)21-17(16(11)8-19)23-10-15(22)9-20-14-5-3-13(18)4-6-14/h3-7,15,20,22H,9-10H2,1-2H3/t15-/m1/s1. The molecule has 0 saturated heterocycles. The fourth-order valence-electron chi connectivity index (χ4n) is 2.08. The number of aromatic nitrogens is 1. The molecule has 0 fully saturated rings. The van der Waals surface area contributed by atoms with E-state index in [9.17, 15) is 10.4 Å². The summed E-state index contributed by atoms with van der Waals surface area (Å²) in [4.78, 5) is 4.40. The van der Waals surface area contributed by atoms with Crippen LogP contribution in [0.1, 0.15) is 16.8 Å². The molecular formula is C17H18ClN3OS. The van der Waals surface area contributed by atoms with Gasteiger partial charge in [0.1, 0.15) is 11.1 Å². The molecule has 0 spiro atoms. The first kappa shape index (κ1) is 17.6. The molecule has 0 unspecified atom stereocenters. The number of nitrogens with one attached hydrogen (secondary N) is 1. The summed E-state index contributed by atoms with van der Waals surface area (Å²) in [5.41, 5.74) is 3.27. The van der Waals surface area contributed by atoms with Crippen LogP contribution in [0.2, 0.25) is 5.02 Å². The van der Waals surface area contributed by atoms with Crippen LogP contribution in [0.3, 0.4) is 0 Å². The zero-order valence-electron chi connectivity index (χ0n) is 13.0. The van der Waals surface area contributed by atoms with Crippen LogP contribution in [-0.2, 0) is 0 Å². The molecule has 0 bridgehead atoms. The Kier molecular flexibility index (Phi) is 6.28. The summed E-state index contributed by atoms with van der Waals surface area (Å²) in [6, 6.07) is 11.4. The SMILES string of the molecule is Cc1cc(C)c(C#N)c(SC[C@H](O)CNc2ccc(Cl)cc2)n1. The molecule has 6 heteroatoms. The van der Waals surface area contributed by atoms with Gasteiger partial charge in [-0.25, -0.2) is 4.98 Å². The average molecular weight is 348 g/mol. The summed E-state index contributed by atoms with van der Waals surface area (Å²) in [5.74, 6) is 0.463. The molecule has 0 radical (unpaired) electrons. The minimum absolute atomic E-state index is 0.418. The van der Waals surface area contributed by atoms with Crippen LogP contribution < -0.4 is 5.32 Å². The number of pyridine rings is 1. The molecule has 1 aromatic carbocycles.